The van der Waals surface area contributed by atoms with Gasteiger partial charge >= 0.3 is 6.03 Å². The van der Waals surface area contributed by atoms with Crippen LogP contribution in [0.15, 0.2) is 18.2 Å². The van der Waals surface area contributed by atoms with E-state index in [1.807, 2.05) is 0 Å². The fraction of sp³-hybridized carbons (Fsp3) is 0.650. The standard InChI is InChI=1S/C20H29N3O3/c1-15-12-13-16(14-19(15)23(25)26)21-20(24)22(17-8-4-2-5-9-17)18-10-6-3-7-11-18/h12-14,17-18H,2-11H2,1H3,(H,21,24). The van der Waals surface area contributed by atoms with Gasteiger partial charge in [-0.05, 0) is 38.7 Å². The second-order valence-corrected chi connectivity index (χ2v) is 7.68. The fourth-order valence-corrected chi connectivity index (χ4v) is 4.42. The molecule has 1 N–H and O–H groups in total. The molecule has 0 radical (unpaired) electrons. The second-order valence-electron chi connectivity index (χ2n) is 7.68. The number of carbonyl (C=O) groups excluding carboxylic acids is 1. The molecule has 2 aliphatic rings. The molecule has 142 valence electrons. The lowest BCUT2D eigenvalue weighted by Gasteiger charge is -2.41. The minimum atomic E-state index is -0.398. The Bertz CT molecular complexity index is 632. The molecule has 0 bridgehead atoms. The molecule has 0 saturated heterocycles. The summed E-state index contributed by atoms with van der Waals surface area (Å²) in [7, 11) is 0. The lowest BCUT2D eigenvalue weighted by molar-refractivity contribution is -0.385. The monoisotopic (exact) mass is 359 g/mol. The van der Waals surface area contributed by atoms with Crippen LogP contribution in [0.5, 0.6) is 0 Å². The van der Waals surface area contributed by atoms with Crippen molar-refractivity contribution in [1.82, 2.24) is 4.90 Å². The van der Waals surface area contributed by atoms with Crippen LogP contribution < -0.4 is 5.32 Å². The molecule has 0 aromatic heterocycles. The highest BCUT2D eigenvalue weighted by Gasteiger charge is 2.32. The summed E-state index contributed by atoms with van der Waals surface area (Å²) in [6.07, 6.45) is 11.5. The molecule has 0 aliphatic heterocycles. The molecule has 1 aromatic rings. The van der Waals surface area contributed by atoms with Gasteiger partial charge in [-0.15, -0.1) is 0 Å². The van der Waals surface area contributed by atoms with E-state index in [4.69, 9.17) is 0 Å². The van der Waals surface area contributed by atoms with Gasteiger partial charge in [0.15, 0.2) is 0 Å². The summed E-state index contributed by atoms with van der Waals surface area (Å²) in [6, 6.07) is 5.41. The molecule has 26 heavy (non-hydrogen) atoms. The van der Waals surface area contributed by atoms with Crippen molar-refractivity contribution in [3.05, 3.63) is 33.9 Å². The molecule has 0 heterocycles. The van der Waals surface area contributed by atoms with Gasteiger partial charge in [-0.2, -0.15) is 0 Å². The van der Waals surface area contributed by atoms with Crippen molar-refractivity contribution < 1.29 is 9.72 Å². The zero-order chi connectivity index (χ0) is 18.5. The molecule has 2 saturated carbocycles. The first-order chi connectivity index (χ1) is 12.6. The Labute approximate surface area is 155 Å². The Balaban J connectivity index is 1.78. The highest BCUT2D eigenvalue weighted by atomic mass is 16.6. The fourth-order valence-electron chi connectivity index (χ4n) is 4.42. The van der Waals surface area contributed by atoms with Crippen molar-refractivity contribution in [3.8, 4) is 0 Å². The lowest BCUT2D eigenvalue weighted by Crippen LogP contribution is -2.50. The number of hydrogen-bond acceptors (Lipinski definition) is 3. The van der Waals surface area contributed by atoms with Gasteiger partial charge in [0.2, 0.25) is 0 Å². The maximum atomic E-state index is 13.1. The van der Waals surface area contributed by atoms with E-state index in [-0.39, 0.29) is 11.7 Å². The number of nitrogens with zero attached hydrogens (tertiary/aromatic N) is 2. The smallest absolute Gasteiger partial charge is 0.319 e. The summed E-state index contributed by atoms with van der Waals surface area (Å²) < 4.78 is 0. The molecule has 2 aliphatic carbocycles. The lowest BCUT2D eigenvalue weighted by atomic mass is 9.89. The van der Waals surface area contributed by atoms with E-state index in [9.17, 15) is 14.9 Å². The van der Waals surface area contributed by atoms with Crippen LogP contribution in [0, 0.1) is 17.0 Å². The number of hydrogen-bond donors (Lipinski definition) is 1. The third-order valence-electron chi connectivity index (χ3n) is 5.83. The molecule has 0 unspecified atom stereocenters. The van der Waals surface area contributed by atoms with Crippen LogP contribution in [0.3, 0.4) is 0 Å². The van der Waals surface area contributed by atoms with Gasteiger partial charge in [0.05, 0.1) is 4.92 Å². The number of anilines is 1. The SMILES string of the molecule is Cc1ccc(NC(=O)N(C2CCCCC2)C2CCCCC2)cc1[N+](=O)[O-]. The molecule has 6 nitrogen and oxygen atoms in total. The number of urea groups is 1. The molecule has 0 spiro atoms. The zero-order valence-electron chi connectivity index (χ0n) is 15.6. The van der Waals surface area contributed by atoms with Crippen LogP contribution in [0.25, 0.3) is 0 Å². The van der Waals surface area contributed by atoms with Crippen molar-refractivity contribution in [2.45, 2.75) is 83.2 Å². The van der Waals surface area contributed by atoms with Gasteiger partial charge in [-0.3, -0.25) is 10.1 Å². The Hall–Kier alpha value is -2.11. The quantitative estimate of drug-likeness (QED) is 0.577. The van der Waals surface area contributed by atoms with Crippen LogP contribution in [0.4, 0.5) is 16.2 Å². The zero-order valence-corrected chi connectivity index (χ0v) is 15.6. The summed E-state index contributed by atoms with van der Waals surface area (Å²) in [5.74, 6) is 0. The number of benzene rings is 1. The predicted molar refractivity (Wildman–Crippen MR) is 102 cm³/mol. The van der Waals surface area contributed by atoms with E-state index in [2.05, 4.69) is 10.2 Å². The number of carbonyl (C=O) groups is 1. The van der Waals surface area contributed by atoms with E-state index in [1.165, 1.54) is 44.6 Å². The van der Waals surface area contributed by atoms with Gasteiger partial charge in [0, 0.05) is 29.4 Å². The minimum absolute atomic E-state index is 0.0460. The number of rotatable bonds is 4. The van der Waals surface area contributed by atoms with Crippen LogP contribution in [-0.2, 0) is 0 Å². The normalized spacial score (nSPS) is 19.1. The molecule has 1 aromatic carbocycles. The third-order valence-corrected chi connectivity index (χ3v) is 5.83. The van der Waals surface area contributed by atoms with Crippen LogP contribution >= 0.6 is 0 Å². The van der Waals surface area contributed by atoms with Crippen molar-refractivity contribution >= 4 is 17.4 Å². The molecule has 2 amide bonds. The van der Waals surface area contributed by atoms with E-state index >= 15 is 0 Å². The highest BCUT2D eigenvalue weighted by molar-refractivity contribution is 5.90. The maximum absolute atomic E-state index is 13.1. The molecule has 3 rings (SSSR count). The van der Waals surface area contributed by atoms with E-state index in [0.29, 0.717) is 23.3 Å². The highest BCUT2D eigenvalue weighted by Crippen LogP contribution is 2.31. The number of nitrogens with one attached hydrogen (secondary N) is 1. The predicted octanol–water partition coefficient (Wildman–Crippen LogP) is 5.40. The Morgan fingerprint density at radius 1 is 1.04 bits per heavy atom. The van der Waals surface area contributed by atoms with Crippen molar-refractivity contribution in [2.75, 3.05) is 5.32 Å². The summed E-state index contributed by atoms with van der Waals surface area (Å²) >= 11 is 0. The molecular weight excluding hydrogens is 330 g/mol. The van der Waals surface area contributed by atoms with E-state index in [1.54, 1.807) is 19.1 Å². The molecule has 6 heteroatoms. The number of nitro groups is 1. The summed E-state index contributed by atoms with van der Waals surface area (Å²) in [4.78, 5) is 26.0. The van der Waals surface area contributed by atoms with Crippen molar-refractivity contribution in [2.24, 2.45) is 0 Å². The van der Waals surface area contributed by atoms with Gasteiger partial charge in [0.1, 0.15) is 0 Å². The van der Waals surface area contributed by atoms with Gasteiger partial charge in [-0.25, -0.2) is 4.79 Å². The van der Waals surface area contributed by atoms with Crippen LogP contribution in [0.1, 0.15) is 69.8 Å². The second kappa shape index (κ2) is 8.52. The first-order valence-electron chi connectivity index (χ1n) is 9.90. The van der Waals surface area contributed by atoms with Crippen LogP contribution in [-0.4, -0.2) is 27.9 Å². The number of nitro benzene ring substituents is 1. The minimum Gasteiger partial charge on any atom is -0.319 e. The van der Waals surface area contributed by atoms with E-state index in [0.717, 1.165) is 25.7 Å². The van der Waals surface area contributed by atoms with Gasteiger partial charge in [-0.1, -0.05) is 44.6 Å². The first kappa shape index (κ1) is 18.7. The Kier molecular flexibility index (Phi) is 6.12. The topological polar surface area (TPSA) is 75.5 Å². The van der Waals surface area contributed by atoms with Crippen molar-refractivity contribution in [3.63, 3.8) is 0 Å². The Morgan fingerprint density at radius 2 is 1.58 bits per heavy atom. The third kappa shape index (κ3) is 4.34. The molecule has 0 atom stereocenters. The molecular formula is C20H29N3O3. The molecule has 2 fully saturated rings. The number of aryl methyl sites for hydroxylation is 1. The summed E-state index contributed by atoms with van der Waals surface area (Å²) in [5, 5.41) is 14.1. The van der Waals surface area contributed by atoms with E-state index < -0.39 is 4.92 Å². The first-order valence-corrected chi connectivity index (χ1v) is 9.90. The average molecular weight is 359 g/mol. The maximum Gasteiger partial charge on any atom is 0.322 e. The average Bonchev–Trinajstić information content (AvgIpc) is 2.65. The van der Waals surface area contributed by atoms with Gasteiger partial charge in [0.25, 0.3) is 5.69 Å². The summed E-state index contributed by atoms with van der Waals surface area (Å²) in [6.45, 7) is 1.71. The Morgan fingerprint density at radius 3 is 2.08 bits per heavy atom. The number of amides is 2. The van der Waals surface area contributed by atoms with Crippen LogP contribution in [0.2, 0.25) is 0 Å². The van der Waals surface area contributed by atoms with Crippen molar-refractivity contribution in [1.29, 1.82) is 0 Å². The van der Waals surface area contributed by atoms with Gasteiger partial charge < -0.3 is 10.2 Å². The largest absolute Gasteiger partial charge is 0.322 e. The summed E-state index contributed by atoms with van der Waals surface area (Å²) in [5.41, 5.74) is 1.15.